The molecule has 1 saturated heterocycles. The van der Waals surface area contributed by atoms with Crippen LogP contribution >= 0.6 is 0 Å². The van der Waals surface area contributed by atoms with Gasteiger partial charge in [0.25, 0.3) is 5.56 Å². The van der Waals surface area contributed by atoms with Crippen LogP contribution in [0.4, 0.5) is 5.69 Å². The summed E-state index contributed by atoms with van der Waals surface area (Å²) in [6, 6.07) is 13.8. The van der Waals surface area contributed by atoms with Crippen molar-refractivity contribution >= 4 is 28.4 Å². The number of hydrogen-bond acceptors (Lipinski definition) is 4. The predicted octanol–water partition coefficient (Wildman–Crippen LogP) is 1.58. The monoisotopic (exact) mass is 372 g/mol. The number of piperidine rings is 1. The van der Waals surface area contributed by atoms with Crippen molar-refractivity contribution in [3.63, 3.8) is 0 Å². The van der Waals surface area contributed by atoms with Gasteiger partial charge in [0, 0.05) is 5.69 Å². The molecule has 7 nitrogen and oxygen atoms in total. The molecule has 0 unspecified atom stereocenters. The second kappa shape index (κ2) is 4.67. The van der Waals surface area contributed by atoms with Gasteiger partial charge in [-0.2, -0.15) is 0 Å². The smallest absolute Gasteiger partial charge is 0.262 e. The summed E-state index contributed by atoms with van der Waals surface area (Å²) < 4.78 is 1.49. The van der Waals surface area contributed by atoms with Gasteiger partial charge in [0.1, 0.15) is 22.8 Å². The quantitative estimate of drug-likeness (QED) is 0.627. The highest BCUT2D eigenvalue weighted by molar-refractivity contribution is 6.09. The molecule has 0 saturated carbocycles. The number of amides is 2. The number of rotatable bonds is 0. The van der Waals surface area contributed by atoms with Crippen molar-refractivity contribution in [1.82, 2.24) is 14.9 Å². The van der Waals surface area contributed by atoms with Crippen LogP contribution in [-0.2, 0) is 20.5 Å². The average molecular weight is 372 g/mol. The van der Waals surface area contributed by atoms with Crippen LogP contribution in [-0.4, -0.2) is 21.4 Å². The molecule has 2 N–H and O–H groups in total. The molecule has 0 aliphatic carbocycles. The maximum atomic E-state index is 13.3. The summed E-state index contributed by atoms with van der Waals surface area (Å²) in [5.74, 6) is 0.00532. The number of para-hydroxylation sites is 2. The van der Waals surface area contributed by atoms with Crippen LogP contribution in [0.3, 0.4) is 0 Å². The molecule has 2 amide bonds. The number of fused-ring (bicyclic) bond motifs is 3. The van der Waals surface area contributed by atoms with E-state index in [1.165, 1.54) is 4.57 Å². The first-order valence-corrected chi connectivity index (χ1v) is 9.22. The van der Waals surface area contributed by atoms with Gasteiger partial charge >= 0.3 is 0 Å². The molecular formula is C21H16N4O3. The minimum atomic E-state index is -1.14. The van der Waals surface area contributed by atoms with Gasteiger partial charge in [-0.1, -0.05) is 30.3 Å². The first-order chi connectivity index (χ1) is 13.5. The normalized spacial score (nSPS) is 29.5. The maximum Gasteiger partial charge on any atom is 0.262 e. The Kier molecular flexibility index (Phi) is 2.60. The summed E-state index contributed by atoms with van der Waals surface area (Å²) >= 11 is 0. The molecule has 3 atom stereocenters. The third kappa shape index (κ3) is 1.50. The Bertz CT molecular complexity index is 1300. The van der Waals surface area contributed by atoms with E-state index in [1.807, 2.05) is 30.3 Å². The molecule has 2 bridgehead atoms. The highest BCUT2D eigenvalue weighted by Gasteiger charge is 2.69. The van der Waals surface area contributed by atoms with E-state index in [1.54, 1.807) is 25.1 Å². The topological polar surface area (TPSA) is 93.1 Å². The minimum Gasteiger partial charge on any atom is -0.340 e. The Hall–Kier alpha value is -3.48. The van der Waals surface area contributed by atoms with E-state index in [9.17, 15) is 14.4 Å². The fourth-order valence-corrected chi connectivity index (χ4v) is 5.28. The minimum absolute atomic E-state index is 0.171. The Labute approximate surface area is 159 Å². The standard InChI is InChI=1S/C21H16N4O3/c1-20-18-22-13-8-4-2-6-11(13)17(27)25(18)15(16(26)24-20)10-21(20)12-7-3-5-9-14(12)23-19(21)28/h2-9,15H,10H2,1H3,(H,23,28)(H,24,26)/t15-,20+,21+/m0/s1. The molecule has 1 fully saturated rings. The fraction of sp³-hybridized carbons (Fsp3) is 0.238. The van der Waals surface area contributed by atoms with Crippen LogP contribution in [0.15, 0.2) is 53.3 Å². The Morgan fingerprint density at radius 3 is 2.68 bits per heavy atom. The molecule has 2 aromatic carbocycles. The molecular weight excluding hydrogens is 356 g/mol. The van der Waals surface area contributed by atoms with Crippen LogP contribution in [0.2, 0.25) is 0 Å². The lowest BCUT2D eigenvalue weighted by Gasteiger charge is -2.55. The van der Waals surface area contributed by atoms with Gasteiger partial charge in [0.15, 0.2) is 0 Å². The van der Waals surface area contributed by atoms with E-state index in [0.29, 0.717) is 16.7 Å². The van der Waals surface area contributed by atoms with Crippen molar-refractivity contribution in [1.29, 1.82) is 0 Å². The molecule has 7 heteroatoms. The molecule has 138 valence electrons. The fourth-order valence-electron chi connectivity index (χ4n) is 5.28. The number of hydrogen-bond donors (Lipinski definition) is 2. The summed E-state index contributed by atoms with van der Waals surface area (Å²) in [6.45, 7) is 1.80. The molecule has 0 radical (unpaired) electrons. The number of nitrogens with zero attached hydrogens (tertiary/aromatic N) is 2. The largest absolute Gasteiger partial charge is 0.340 e. The Morgan fingerprint density at radius 2 is 1.82 bits per heavy atom. The molecule has 4 aliphatic rings. The van der Waals surface area contributed by atoms with Gasteiger partial charge in [-0.15, -0.1) is 0 Å². The highest BCUT2D eigenvalue weighted by atomic mass is 16.2. The highest BCUT2D eigenvalue weighted by Crippen LogP contribution is 2.58. The van der Waals surface area contributed by atoms with E-state index < -0.39 is 17.0 Å². The van der Waals surface area contributed by atoms with Gasteiger partial charge in [-0.05, 0) is 37.1 Å². The predicted molar refractivity (Wildman–Crippen MR) is 102 cm³/mol. The van der Waals surface area contributed by atoms with E-state index >= 15 is 0 Å². The van der Waals surface area contributed by atoms with Crippen molar-refractivity contribution in [2.45, 2.75) is 30.3 Å². The number of nitrogens with one attached hydrogen (secondary N) is 2. The first-order valence-electron chi connectivity index (χ1n) is 9.22. The summed E-state index contributed by atoms with van der Waals surface area (Å²) in [7, 11) is 0. The van der Waals surface area contributed by atoms with Crippen LogP contribution in [0.5, 0.6) is 0 Å². The lowest BCUT2D eigenvalue weighted by molar-refractivity contribution is -0.142. The Balaban J connectivity index is 1.75. The van der Waals surface area contributed by atoms with E-state index in [0.717, 1.165) is 11.3 Å². The van der Waals surface area contributed by atoms with E-state index in [-0.39, 0.29) is 23.8 Å². The molecule has 1 aromatic heterocycles. The van der Waals surface area contributed by atoms with E-state index in [2.05, 4.69) is 10.6 Å². The lowest BCUT2D eigenvalue weighted by Crippen LogP contribution is -2.72. The third-order valence-corrected chi connectivity index (χ3v) is 6.62. The van der Waals surface area contributed by atoms with Gasteiger partial charge in [-0.25, -0.2) is 4.98 Å². The molecule has 4 aliphatic heterocycles. The maximum absolute atomic E-state index is 13.3. The number of carbonyl (C=O) groups is 2. The van der Waals surface area contributed by atoms with Gasteiger partial charge < -0.3 is 10.6 Å². The number of anilines is 1. The van der Waals surface area contributed by atoms with Gasteiger partial charge in [0.05, 0.1) is 10.9 Å². The van der Waals surface area contributed by atoms with Gasteiger partial charge in [-0.3, -0.25) is 19.0 Å². The molecule has 1 spiro atoms. The zero-order valence-corrected chi connectivity index (χ0v) is 15.0. The number of aromatic nitrogens is 2. The number of carbonyl (C=O) groups excluding carboxylic acids is 2. The zero-order chi connectivity index (χ0) is 19.3. The van der Waals surface area contributed by atoms with Crippen molar-refractivity contribution in [3.8, 4) is 0 Å². The van der Waals surface area contributed by atoms with Crippen LogP contribution in [0.25, 0.3) is 10.9 Å². The van der Waals surface area contributed by atoms with Gasteiger partial charge in [0.2, 0.25) is 11.8 Å². The van der Waals surface area contributed by atoms with Crippen molar-refractivity contribution in [2.24, 2.45) is 0 Å². The molecule has 28 heavy (non-hydrogen) atoms. The summed E-state index contributed by atoms with van der Waals surface area (Å²) in [4.78, 5) is 44.1. The Morgan fingerprint density at radius 1 is 1.07 bits per heavy atom. The van der Waals surface area contributed by atoms with Crippen LogP contribution in [0, 0.1) is 0 Å². The first kappa shape index (κ1) is 15.6. The summed E-state index contributed by atoms with van der Waals surface area (Å²) in [5, 5.41) is 6.46. The zero-order valence-electron chi connectivity index (χ0n) is 15.0. The van der Waals surface area contributed by atoms with Crippen molar-refractivity contribution < 1.29 is 9.59 Å². The van der Waals surface area contributed by atoms with Crippen molar-refractivity contribution in [3.05, 3.63) is 70.3 Å². The molecule has 5 heterocycles. The van der Waals surface area contributed by atoms with Crippen molar-refractivity contribution in [2.75, 3.05) is 5.32 Å². The lowest BCUT2D eigenvalue weighted by atomic mass is 9.58. The summed E-state index contributed by atoms with van der Waals surface area (Å²) in [6.07, 6.45) is 0.227. The molecule has 3 aromatic rings. The van der Waals surface area contributed by atoms with E-state index in [4.69, 9.17) is 4.98 Å². The summed E-state index contributed by atoms with van der Waals surface area (Å²) in [5.41, 5.74) is -0.258. The van der Waals surface area contributed by atoms with Crippen LogP contribution < -0.4 is 16.2 Å². The second-order valence-corrected chi connectivity index (χ2v) is 7.87. The average Bonchev–Trinajstić information content (AvgIpc) is 2.97. The SMILES string of the molecule is C[C@]12NC(=O)[C@H](C[C@@]13C(=O)Nc1ccccc13)n1c2nc2ccccc2c1=O. The number of benzene rings is 2. The van der Waals surface area contributed by atoms with Crippen LogP contribution in [0.1, 0.15) is 30.8 Å². The molecule has 7 rings (SSSR count). The third-order valence-electron chi connectivity index (χ3n) is 6.62. The second-order valence-electron chi connectivity index (χ2n) is 7.87.